The first-order chi connectivity index (χ1) is 13.2. The van der Waals surface area contributed by atoms with Crippen molar-refractivity contribution in [3.05, 3.63) is 53.6 Å². The second-order valence-electron chi connectivity index (χ2n) is 5.88. The molecular weight excluding hydrogens is 386 g/mol. The van der Waals surface area contributed by atoms with Crippen LogP contribution in [0, 0.1) is 0 Å². The number of methoxy groups -OCH3 is 1. The Morgan fingerprint density at radius 2 is 1.96 bits per heavy atom. The standard InChI is InChI=1S/C19H16ClN3O3S/c1-25-13-8-6-12(7-9-13)23-17(14-4-2-3-5-15(14)20)21-22-19(23)27-16-10-11-26-18(16)24/h2-9,16H,10-11H2,1H3. The van der Waals surface area contributed by atoms with Crippen molar-refractivity contribution in [3.8, 4) is 22.8 Å². The van der Waals surface area contributed by atoms with E-state index in [9.17, 15) is 4.79 Å². The Labute approximate surface area is 165 Å². The molecule has 1 aliphatic heterocycles. The SMILES string of the molecule is COc1ccc(-n2c(SC3CCOC3=O)nnc2-c2ccccc2Cl)cc1. The molecule has 27 heavy (non-hydrogen) atoms. The molecule has 6 nitrogen and oxygen atoms in total. The van der Waals surface area contributed by atoms with Crippen molar-refractivity contribution in [2.45, 2.75) is 16.8 Å². The number of thioether (sulfide) groups is 1. The molecule has 8 heteroatoms. The molecule has 1 atom stereocenters. The van der Waals surface area contributed by atoms with Gasteiger partial charge in [0.15, 0.2) is 11.0 Å². The molecule has 1 saturated heterocycles. The summed E-state index contributed by atoms with van der Waals surface area (Å²) in [5.41, 5.74) is 1.62. The zero-order chi connectivity index (χ0) is 18.8. The largest absolute Gasteiger partial charge is 0.497 e. The zero-order valence-electron chi connectivity index (χ0n) is 14.5. The lowest BCUT2D eigenvalue weighted by Gasteiger charge is -2.12. The molecule has 0 aliphatic carbocycles. The van der Waals surface area contributed by atoms with Gasteiger partial charge in [-0.15, -0.1) is 10.2 Å². The average Bonchev–Trinajstić information content (AvgIpc) is 3.29. The van der Waals surface area contributed by atoms with E-state index in [-0.39, 0.29) is 11.2 Å². The Balaban J connectivity index is 1.81. The first-order valence-electron chi connectivity index (χ1n) is 8.35. The maximum Gasteiger partial charge on any atom is 0.319 e. The van der Waals surface area contributed by atoms with Crippen LogP contribution in [0.25, 0.3) is 17.1 Å². The minimum absolute atomic E-state index is 0.219. The number of carbonyl (C=O) groups is 1. The molecule has 138 valence electrons. The average molecular weight is 402 g/mol. The summed E-state index contributed by atoms with van der Waals surface area (Å²) in [7, 11) is 1.62. The predicted molar refractivity (Wildman–Crippen MR) is 104 cm³/mol. The fourth-order valence-electron chi connectivity index (χ4n) is 2.84. The van der Waals surface area contributed by atoms with Gasteiger partial charge in [-0.1, -0.05) is 35.5 Å². The molecule has 3 aromatic rings. The van der Waals surface area contributed by atoms with Crippen molar-refractivity contribution in [2.24, 2.45) is 0 Å². The van der Waals surface area contributed by atoms with E-state index in [1.54, 1.807) is 7.11 Å². The number of cyclic esters (lactones) is 1. The predicted octanol–water partition coefficient (Wildman–Crippen LogP) is 4.00. The number of hydrogen-bond donors (Lipinski definition) is 0. The molecule has 2 heterocycles. The fraction of sp³-hybridized carbons (Fsp3) is 0.211. The van der Waals surface area contributed by atoms with Gasteiger partial charge in [-0.3, -0.25) is 9.36 Å². The van der Waals surface area contributed by atoms with E-state index in [0.29, 0.717) is 29.0 Å². The third kappa shape index (κ3) is 3.52. The van der Waals surface area contributed by atoms with Crippen LogP contribution in [0.15, 0.2) is 53.7 Å². The normalized spacial score (nSPS) is 16.4. The third-order valence-electron chi connectivity index (χ3n) is 4.21. The first kappa shape index (κ1) is 17.9. The van der Waals surface area contributed by atoms with Gasteiger partial charge in [0.2, 0.25) is 0 Å². The Hall–Kier alpha value is -2.51. The van der Waals surface area contributed by atoms with Crippen LogP contribution in [0.1, 0.15) is 6.42 Å². The van der Waals surface area contributed by atoms with E-state index in [0.717, 1.165) is 17.0 Å². The summed E-state index contributed by atoms with van der Waals surface area (Å²) in [6, 6.07) is 15.0. The maximum absolute atomic E-state index is 11.9. The lowest BCUT2D eigenvalue weighted by atomic mass is 10.2. The number of nitrogens with zero attached hydrogens (tertiary/aromatic N) is 3. The molecule has 1 aromatic heterocycles. The lowest BCUT2D eigenvalue weighted by molar-refractivity contribution is -0.137. The molecule has 1 fully saturated rings. The molecule has 2 aromatic carbocycles. The van der Waals surface area contributed by atoms with Crippen LogP contribution >= 0.6 is 23.4 Å². The highest BCUT2D eigenvalue weighted by molar-refractivity contribution is 8.00. The van der Waals surface area contributed by atoms with Gasteiger partial charge in [-0.25, -0.2) is 0 Å². The smallest absolute Gasteiger partial charge is 0.319 e. The van der Waals surface area contributed by atoms with Gasteiger partial charge in [0.05, 0.1) is 18.7 Å². The monoisotopic (exact) mass is 401 g/mol. The molecule has 0 amide bonds. The third-order valence-corrected chi connectivity index (χ3v) is 5.73. The number of aromatic nitrogens is 3. The van der Waals surface area contributed by atoms with E-state index < -0.39 is 0 Å². The summed E-state index contributed by atoms with van der Waals surface area (Å²) in [6.07, 6.45) is 0.653. The van der Waals surface area contributed by atoms with Crippen molar-refractivity contribution in [2.75, 3.05) is 13.7 Å². The van der Waals surface area contributed by atoms with E-state index in [1.165, 1.54) is 11.8 Å². The first-order valence-corrected chi connectivity index (χ1v) is 9.61. The van der Waals surface area contributed by atoms with Gasteiger partial charge in [-0.2, -0.15) is 0 Å². The van der Waals surface area contributed by atoms with E-state index >= 15 is 0 Å². The number of rotatable bonds is 5. The molecule has 0 saturated carbocycles. The van der Waals surface area contributed by atoms with Crippen molar-refractivity contribution in [3.63, 3.8) is 0 Å². The molecule has 0 spiro atoms. The maximum atomic E-state index is 11.9. The minimum Gasteiger partial charge on any atom is -0.497 e. The van der Waals surface area contributed by atoms with E-state index in [2.05, 4.69) is 10.2 Å². The fourth-order valence-corrected chi connectivity index (χ4v) is 4.08. The molecule has 4 rings (SSSR count). The van der Waals surface area contributed by atoms with Crippen LogP contribution in [0.4, 0.5) is 0 Å². The summed E-state index contributed by atoms with van der Waals surface area (Å²) in [4.78, 5) is 11.9. The van der Waals surface area contributed by atoms with Crippen LogP contribution in [-0.4, -0.2) is 39.7 Å². The highest BCUT2D eigenvalue weighted by atomic mass is 35.5. The topological polar surface area (TPSA) is 66.2 Å². The minimum atomic E-state index is -0.287. The second kappa shape index (κ2) is 7.62. The number of hydrogen-bond acceptors (Lipinski definition) is 6. The summed E-state index contributed by atoms with van der Waals surface area (Å²) < 4.78 is 12.2. The Bertz CT molecular complexity index is 975. The summed E-state index contributed by atoms with van der Waals surface area (Å²) in [5.74, 6) is 1.14. The van der Waals surface area contributed by atoms with Crippen LogP contribution in [0.3, 0.4) is 0 Å². The van der Waals surface area contributed by atoms with Crippen LogP contribution < -0.4 is 4.74 Å². The van der Waals surface area contributed by atoms with E-state index in [4.69, 9.17) is 21.1 Å². The lowest BCUT2D eigenvalue weighted by Crippen LogP contribution is -2.11. The molecule has 1 unspecified atom stereocenters. The van der Waals surface area contributed by atoms with Crippen LogP contribution in [-0.2, 0) is 9.53 Å². The van der Waals surface area contributed by atoms with Crippen molar-refractivity contribution in [1.82, 2.24) is 14.8 Å². The zero-order valence-corrected chi connectivity index (χ0v) is 16.0. The van der Waals surface area contributed by atoms with Gasteiger partial charge >= 0.3 is 5.97 Å². The van der Waals surface area contributed by atoms with Gasteiger partial charge in [0.25, 0.3) is 0 Å². The van der Waals surface area contributed by atoms with Gasteiger partial charge in [-0.05, 0) is 36.4 Å². The number of esters is 1. The number of halogens is 1. The Kier molecular flexibility index (Phi) is 5.05. The molecule has 1 aliphatic rings. The van der Waals surface area contributed by atoms with Crippen molar-refractivity contribution in [1.29, 1.82) is 0 Å². The molecular formula is C19H16ClN3O3S. The van der Waals surface area contributed by atoms with E-state index in [1.807, 2.05) is 53.1 Å². The second-order valence-corrected chi connectivity index (χ2v) is 7.46. The van der Waals surface area contributed by atoms with Gasteiger partial charge in [0.1, 0.15) is 11.0 Å². The number of benzene rings is 2. The summed E-state index contributed by atoms with van der Waals surface area (Å²) in [6.45, 7) is 0.435. The van der Waals surface area contributed by atoms with Gasteiger partial charge in [0, 0.05) is 17.7 Å². The molecule has 0 bridgehead atoms. The highest BCUT2D eigenvalue weighted by Gasteiger charge is 2.30. The Morgan fingerprint density at radius 3 is 2.63 bits per heavy atom. The van der Waals surface area contributed by atoms with Crippen molar-refractivity contribution < 1.29 is 14.3 Å². The quantitative estimate of drug-likeness (QED) is 0.602. The van der Waals surface area contributed by atoms with Crippen molar-refractivity contribution >= 4 is 29.3 Å². The van der Waals surface area contributed by atoms with Gasteiger partial charge < -0.3 is 9.47 Å². The molecule has 0 N–H and O–H groups in total. The van der Waals surface area contributed by atoms with Crippen LogP contribution in [0.2, 0.25) is 5.02 Å². The van der Waals surface area contributed by atoms with Crippen LogP contribution in [0.5, 0.6) is 5.75 Å². The highest BCUT2D eigenvalue weighted by Crippen LogP contribution is 2.35. The number of carbonyl (C=O) groups excluding carboxylic acids is 1. The summed E-state index contributed by atoms with van der Waals surface area (Å²) >= 11 is 7.74. The summed E-state index contributed by atoms with van der Waals surface area (Å²) in [5, 5.41) is 9.59. The number of ether oxygens (including phenoxy) is 2. The molecule has 0 radical (unpaired) electrons. The Morgan fingerprint density at radius 1 is 1.19 bits per heavy atom.